The number of rotatable bonds is 4. The highest BCUT2D eigenvalue weighted by atomic mass is 79.9. The minimum atomic E-state index is 0.529. The molecule has 0 unspecified atom stereocenters. The highest BCUT2D eigenvalue weighted by molar-refractivity contribution is 9.10. The Bertz CT molecular complexity index is 551. The molecule has 2 heterocycles. The molecule has 0 radical (unpaired) electrons. The summed E-state index contributed by atoms with van der Waals surface area (Å²) in [6.45, 7) is 2.11. The third kappa shape index (κ3) is 3.22. The Kier molecular flexibility index (Phi) is 4.97. The minimum absolute atomic E-state index is 0.529. The predicted molar refractivity (Wildman–Crippen MR) is 77.1 cm³/mol. The molecule has 94 valence electrons. The van der Waals surface area contributed by atoms with Crippen molar-refractivity contribution in [3.05, 3.63) is 39.8 Å². The van der Waals surface area contributed by atoms with Crippen LogP contribution in [-0.2, 0) is 6.42 Å². The van der Waals surface area contributed by atoms with Crippen LogP contribution in [-0.4, -0.2) is 15.0 Å². The van der Waals surface area contributed by atoms with Crippen molar-refractivity contribution in [3.8, 4) is 0 Å². The van der Waals surface area contributed by atoms with Gasteiger partial charge in [0.2, 0.25) is 0 Å². The van der Waals surface area contributed by atoms with E-state index in [2.05, 4.69) is 37.8 Å². The maximum atomic E-state index is 6.12. The first-order valence-corrected chi connectivity index (χ1v) is 7.49. The summed E-state index contributed by atoms with van der Waals surface area (Å²) in [5.74, 6) is 0. The minimum Gasteiger partial charge on any atom is -0.248 e. The Balaban J connectivity index is 2.34. The van der Waals surface area contributed by atoms with Crippen molar-refractivity contribution in [3.63, 3.8) is 0 Å². The van der Waals surface area contributed by atoms with Crippen LogP contribution in [0.3, 0.4) is 0 Å². The largest absolute Gasteiger partial charge is 0.248 e. The maximum Gasteiger partial charge on any atom is 0.136 e. The van der Waals surface area contributed by atoms with E-state index in [4.69, 9.17) is 11.6 Å². The average Bonchev–Trinajstić information content (AvgIpc) is 2.36. The molecule has 2 aromatic rings. The molecule has 0 aromatic carbocycles. The van der Waals surface area contributed by atoms with Crippen LogP contribution in [0, 0.1) is 0 Å². The van der Waals surface area contributed by atoms with Gasteiger partial charge in [-0.1, -0.05) is 24.9 Å². The predicted octanol–water partition coefficient (Wildman–Crippen LogP) is 4.39. The van der Waals surface area contributed by atoms with E-state index in [0.29, 0.717) is 5.15 Å². The van der Waals surface area contributed by atoms with Gasteiger partial charge < -0.3 is 0 Å². The van der Waals surface area contributed by atoms with Crippen LogP contribution in [0.5, 0.6) is 0 Å². The van der Waals surface area contributed by atoms with Crippen molar-refractivity contribution in [1.29, 1.82) is 0 Å². The number of pyridine rings is 1. The van der Waals surface area contributed by atoms with Crippen LogP contribution in [0.4, 0.5) is 0 Å². The van der Waals surface area contributed by atoms with Gasteiger partial charge >= 0.3 is 0 Å². The topological polar surface area (TPSA) is 38.7 Å². The summed E-state index contributed by atoms with van der Waals surface area (Å²) in [5.41, 5.74) is 0.990. The zero-order chi connectivity index (χ0) is 13.0. The quantitative estimate of drug-likeness (QED) is 0.771. The molecule has 0 aliphatic rings. The second-order valence-electron chi connectivity index (χ2n) is 3.59. The van der Waals surface area contributed by atoms with Gasteiger partial charge in [-0.25, -0.2) is 15.0 Å². The van der Waals surface area contributed by atoms with E-state index >= 15 is 0 Å². The summed E-state index contributed by atoms with van der Waals surface area (Å²) in [4.78, 5) is 12.6. The first kappa shape index (κ1) is 13.8. The molecule has 0 saturated heterocycles. The highest BCUT2D eigenvalue weighted by Gasteiger charge is 2.12. The van der Waals surface area contributed by atoms with Gasteiger partial charge in [0.05, 0.1) is 4.47 Å². The summed E-state index contributed by atoms with van der Waals surface area (Å²) in [7, 11) is 0. The lowest BCUT2D eigenvalue weighted by atomic mass is 10.2. The molecule has 0 spiro atoms. The van der Waals surface area contributed by atoms with Crippen molar-refractivity contribution < 1.29 is 0 Å². The summed E-state index contributed by atoms with van der Waals surface area (Å²) >= 11 is 11.1. The molecule has 2 aromatic heterocycles. The molecule has 0 saturated carbocycles. The van der Waals surface area contributed by atoms with Crippen molar-refractivity contribution in [2.45, 2.75) is 29.8 Å². The van der Waals surface area contributed by atoms with Gasteiger partial charge in [-0.2, -0.15) is 0 Å². The first-order valence-electron chi connectivity index (χ1n) is 5.50. The number of hydrogen-bond donors (Lipinski definition) is 0. The van der Waals surface area contributed by atoms with E-state index in [-0.39, 0.29) is 0 Å². The lowest BCUT2D eigenvalue weighted by molar-refractivity contribution is 0.855. The fourth-order valence-corrected chi connectivity index (χ4v) is 3.13. The van der Waals surface area contributed by atoms with Crippen molar-refractivity contribution in [2.75, 3.05) is 0 Å². The third-order valence-electron chi connectivity index (χ3n) is 2.27. The fraction of sp³-hybridized carbons (Fsp3) is 0.250. The van der Waals surface area contributed by atoms with Gasteiger partial charge in [-0.15, -0.1) is 0 Å². The van der Waals surface area contributed by atoms with Crippen LogP contribution in [0.15, 0.2) is 39.2 Å². The van der Waals surface area contributed by atoms with Gasteiger partial charge in [0.1, 0.15) is 21.5 Å². The second kappa shape index (κ2) is 6.50. The van der Waals surface area contributed by atoms with E-state index in [1.165, 1.54) is 18.1 Å². The van der Waals surface area contributed by atoms with Gasteiger partial charge in [-0.3, -0.25) is 0 Å². The standard InChI is InChI=1S/C12H11BrClN3S/c1-2-4-8-10(14)16-7-17-11(8)18-12-9(13)5-3-6-15-12/h3,5-7H,2,4H2,1H3. The SMILES string of the molecule is CCCc1c(Cl)ncnc1Sc1ncccc1Br. The number of aromatic nitrogens is 3. The van der Waals surface area contributed by atoms with Crippen LogP contribution >= 0.6 is 39.3 Å². The smallest absolute Gasteiger partial charge is 0.136 e. The van der Waals surface area contributed by atoms with E-state index in [0.717, 1.165) is 32.9 Å². The summed E-state index contributed by atoms with van der Waals surface area (Å²) in [6.07, 6.45) is 5.12. The van der Waals surface area contributed by atoms with Crippen LogP contribution in [0.1, 0.15) is 18.9 Å². The first-order chi connectivity index (χ1) is 8.72. The molecule has 0 aliphatic carbocycles. The Morgan fingerprint density at radius 3 is 2.83 bits per heavy atom. The summed E-state index contributed by atoms with van der Waals surface area (Å²) in [6, 6.07) is 3.84. The molecular weight excluding hydrogens is 334 g/mol. The zero-order valence-electron chi connectivity index (χ0n) is 9.73. The Morgan fingerprint density at radius 1 is 1.28 bits per heavy atom. The van der Waals surface area contributed by atoms with E-state index in [9.17, 15) is 0 Å². The van der Waals surface area contributed by atoms with Gasteiger partial charge in [0, 0.05) is 11.8 Å². The molecular formula is C12H11BrClN3S. The molecule has 0 aliphatic heterocycles. The van der Waals surface area contributed by atoms with E-state index in [1.807, 2.05) is 12.1 Å². The van der Waals surface area contributed by atoms with Crippen LogP contribution in [0.2, 0.25) is 5.15 Å². The summed E-state index contributed by atoms with van der Waals surface area (Å²) < 4.78 is 0.951. The van der Waals surface area contributed by atoms with E-state index < -0.39 is 0 Å². The molecule has 6 heteroatoms. The molecule has 0 N–H and O–H groups in total. The molecule has 0 atom stereocenters. The maximum absolute atomic E-state index is 6.12. The molecule has 2 rings (SSSR count). The Morgan fingerprint density at radius 2 is 2.11 bits per heavy atom. The highest BCUT2D eigenvalue weighted by Crippen LogP contribution is 2.34. The van der Waals surface area contributed by atoms with Gasteiger partial charge in [0.25, 0.3) is 0 Å². The van der Waals surface area contributed by atoms with Crippen molar-refractivity contribution in [1.82, 2.24) is 15.0 Å². The number of hydrogen-bond acceptors (Lipinski definition) is 4. The lowest BCUT2D eigenvalue weighted by Gasteiger charge is -2.08. The van der Waals surface area contributed by atoms with E-state index in [1.54, 1.807) is 6.20 Å². The second-order valence-corrected chi connectivity index (χ2v) is 5.78. The molecule has 3 nitrogen and oxygen atoms in total. The van der Waals surface area contributed by atoms with Gasteiger partial charge in [0.15, 0.2) is 0 Å². The lowest BCUT2D eigenvalue weighted by Crippen LogP contribution is -1.96. The Labute approximate surface area is 124 Å². The fourth-order valence-electron chi connectivity index (χ4n) is 1.46. The molecule has 0 bridgehead atoms. The van der Waals surface area contributed by atoms with Crippen molar-refractivity contribution in [2.24, 2.45) is 0 Å². The van der Waals surface area contributed by atoms with Gasteiger partial charge in [-0.05, 0) is 46.2 Å². The monoisotopic (exact) mass is 343 g/mol. The molecule has 0 fully saturated rings. The molecule has 18 heavy (non-hydrogen) atoms. The Hall–Kier alpha value is -0.650. The zero-order valence-corrected chi connectivity index (χ0v) is 12.9. The third-order valence-corrected chi connectivity index (χ3v) is 4.56. The van der Waals surface area contributed by atoms with Crippen molar-refractivity contribution >= 4 is 39.3 Å². The summed E-state index contributed by atoms with van der Waals surface area (Å²) in [5, 5.41) is 2.28. The number of halogens is 2. The normalized spacial score (nSPS) is 10.6. The van der Waals surface area contributed by atoms with Crippen LogP contribution < -0.4 is 0 Å². The number of nitrogens with zero attached hydrogens (tertiary/aromatic N) is 3. The molecule has 0 amide bonds. The average molecular weight is 345 g/mol. The van der Waals surface area contributed by atoms with Crippen LogP contribution in [0.25, 0.3) is 0 Å².